The fraction of sp³-hybridized carbons (Fsp3) is 0.455. The summed E-state index contributed by atoms with van der Waals surface area (Å²) in [5.41, 5.74) is 0. The Labute approximate surface area is 122 Å². The zero-order chi connectivity index (χ0) is 11.5. The van der Waals surface area contributed by atoms with Crippen LogP contribution in [0.5, 0.6) is 5.75 Å². The number of nitrogens with one attached hydrogen (secondary N) is 1. The molecule has 1 fully saturated rings. The molecule has 0 aliphatic carbocycles. The first kappa shape index (κ1) is 15.2. The van der Waals surface area contributed by atoms with E-state index >= 15 is 0 Å². The fourth-order valence-corrected chi connectivity index (χ4v) is 2.68. The summed E-state index contributed by atoms with van der Waals surface area (Å²) in [7, 11) is 0. The van der Waals surface area contributed by atoms with Crippen LogP contribution in [0.2, 0.25) is 15.1 Å². The van der Waals surface area contributed by atoms with Crippen LogP contribution in [0.25, 0.3) is 0 Å². The maximum Gasteiger partial charge on any atom is 0.156 e. The van der Waals surface area contributed by atoms with Gasteiger partial charge in [0, 0.05) is 11.1 Å². The first-order valence-electron chi connectivity index (χ1n) is 5.17. The Balaban J connectivity index is 0.00000144. The molecule has 0 aromatic heterocycles. The van der Waals surface area contributed by atoms with Crippen LogP contribution in [0.4, 0.5) is 0 Å². The number of benzene rings is 1. The molecule has 1 heterocycles. The molecule has 1 aromatic rings. The average Bonchev–Trinajstić information content (AvgIpc) is 2.68. The van der Waals surface area contributed by atoms with Crippen LogP contribution >= 0.6 is 47.2 Å². The predicted octanol–water partition coefficient (Wildman–Crippen LogP) is 4.20. The van der Waals surface area contributed by atoms with E-state index in [2.05, 4.69) is 5.32 Å². The minimum absolute atomic E-state index is 0. The molecule has 2 rings (SSSR count). The SMILES string of the molecule is Cl.Clc1cc(Cl)c(OC[C@@H]2CCCN2)c(Cl)c1. The van der Waals surface area contributed by atoms with Gasteiger partial charge >= 0.3 is 0 Å². The molecule has 6 heteroatoms. The lowest BCUT2D eigenvalue weighted by molar-refractivity contribution is 0.277. The lowest BCUT2D eigenvalue weighted by Gasteiger charge is -2.14. The van der Waals surface area contributed by atoms with Gasteiger partial charge in [0.1, 0.15) is 6.61 Å². The van der Waals surface area contributed by atoms with Crippen molar-refractivity contribution in [3.63, 3.8) is 0 Å². The second kappa shape index (κ2) is 6.91. The van der Waals surface area contributed by atoms with Gasteiger partial charge in [-0.15, -0.1) is 12.4 Å². The predicted molar refractivity (Wildman–Crippen MR) is 75.2 cm³/mol. The van der Waals surface area contributed by atoms with Gasteiger partial charge in [-0.1, -0.05) is 34.8 Å². The molecule has 17 heavy (non-hydrogen) atoms. The molecule has 1 N–H and O–H groups in total. The van der Waals surface area contributed by atoms with Crippen LogP contribution in [0, 0.1) is 0 Å². The van der Waals surface area contributed by atoms with E-state index in [9.17, 15) is 0 Å². The van der Waals surface area contributed by atoms with Gasteiger partial charge in [-0.3, -0.25) is 0 Å². The third-order valence-electron chi connectivity index (χ3n) is 2.55. The molecule has 0 bridgehead atoms. The lowest BCUT2D eigenvalue weighted by atomic mass is 10.2. The monoisotopic (exact) mass is 315 g/mol. The van der Waals surface area contributed by atoms with Gasteiger partial charge in [0.2, 0.25) is 0 Å². The van der Waals surface area contributed by atoms with Crippen LogP contribution in [0.1, 0.15) is 12.8 Å². The summed E-state index contributed by atoms with van der Waals surface area (Å²) >= 11 is 17.8. The van der Waals surface area contributed by atoms with Gasteiger partial charge in [-0.2, -0.15) is 0 Å². The zero-order valence-electron chi connectivity index (χ0n) is 9.01. The Morgan fingerprint density at radius 1 is 1.24 bits per heavy atom. The first-order chi connectivity index (χ1) is 7.66. The molecule has 0 amide bonds. The van der Waals surface area contributed by atoms with Gasteiger partial charge in [-0.05, 0) is 31.5 Å². The van der Waals surface area contributed by atoms with Crippen molar-refractivity contribution in [2.45, 2.75) is 18.9 Å². The summed E-state index contributed by atoms with van der Waals surface area (Å²) in [6.45, 7) is 1.64. The van der Waals surface area contributed by atoms with Crippen molar-refractivity contribution in [2.75, 3.05) is 13.2 Å². The number of ether oxygens (including phenoxy) is 1. The standard InChI is InChI=1S/C11H12Cl3NO.ClH/c12-7-4-9(13)11(10(14)5-7)16-6-8-2-1-3-15-8;/h4-5,8,15H,1-3,6H2;1H/t8-;/m0./s1. The topological polar surface area (TPSA) is 21.3 Å². The summed E-state index contributed by atoms with van der Waals surface area (Å²) in [6.07, 6.45) is 2.32. The van der Waals surface area contributed by atoms with Crippen LogP contribution < -0.4 is 10.1 Å². The van der Waals surface area contributed by atoms with Crippen molar-refractivity contribution < 1.29 is 4.74 Å². The second-order valence-electron chi connectivity index (χ2n) is 3.80. The Bertz CT molecular complexity index is 357. The van der Waals surface area contributed by atoms with E-state index in [1.54, 1.807) is 12.1 Å². The molecule has 1 aliphatic heterocycles. The molecule has 0 saturated carbocycles. The minimum Gasteiger partial charge on any atom is -0.489 e. The van der Waals surface area contributed by atoms with Crippen LogP contribution in [-0.2, 0) is 0 Å². The third kappa shape index (κ3) is 4.08. The molecule has 0 spiro atoms. The number of hydrogen-bond acceptors (Lipinski definition) is 2. The van der Waals surface area contributed by atoms with Crippen LogP contribution in [0.15, 0.2) is 12.1 Å². The summed E-state index contributed by atoms with van der Waals surface area (Å²) in [6, 6.07) is 3.65. The van der Waals surface area contributed by atoms with Gasteiger partial charge < -0.3 is 10.1 Å². The van der Waals surface area contributed by atoms with E-state index in [0.29, 0.717) is 33.5 Å². The second-order valence-corrected chi connectivity index (χ2v) is 5.05. The van der Waals surface area contributed by atoms with Crippen LogP contribution in [0.3, 0.4) is 0 Å². The van der Waals surface area contributed by atoms with Crippen molar-refractivity contribution in [3.05, 3.63) is 27.2 Å². The van der Waals surface area contributed by atoms with Crippen molar-refractivity contribution in [1.29, 1.82) is 0 Å². The number of halogens is 4. The van der Waals surface area contributed by atoms with E-state index in [0.717, 1.165) is 13.0 Å². The quantitative estimate of drug-likeness (QED) is 0.902. The zero-order valence-corrected chi connectivity index (χ0v) is 12.1. The average molecular weight is 317 g/mol. The Hall–Kier alpha value is 0.140. The Morgan fingerprint density at radius 2 is 1.88 bits per heavy atom. The van der Waals surface area contributed by atoms with E-state index in [-0.39, 0.29) is 12.4 Å². The van der Waals surface area contributed by atoms with E-state index in [1.165, 1.54) is 6.42 Å². The van der Waals surface area contributed by atoms with Gasteiger partial charge in [0.05, 0.1) is 10.0 Å². The summed E-state index contributed by atoms with van der Waals surface area (Å²) in [5.74, 6) is 0.515. The summed E-state index contributed by atoms with van der Waals surface area (Å²) in [4.78, 5) is 0. The fourth-order valence-electron chi connectivity index (χ4n) is 1.75. The Morgan fingerprint density at radius 3 is 2.41 bits per heavy atom. The van der Waals surface area contributed by atoms with Crippen molar-refractivity contribution in [2.24, 2.45) is 0 Å². The molecular weight excluding hydrogens is 304 g/mol. The lowest BCUT2D eigenvalue weighted by Crippen LogP contribution is -2.28. The van der Waals surface area contributed by atoms with Gasteiger partial charge in [0.25, 0.3) is 0 Å². The molecule has 1 atom stereocenters. The highest BCUT2D eigenvalue weighted by Gasteiger charge is 2.16. The maximum absolute atomic E-state index is 6.01. The molecule has 1 aromatic carbocycles. The molecule has 0 unspecified atom stereocenters. The molecule has 96 valence electrons. The highest BCUT2D eigenvalue weighted by molar-refractivity contribution is 6.40. The number of hydrogen-bond donors (Lipinski definition) is 1. The third-order valence-corrected chi connectivity index (χ3v) is 3.33. The van der Waals surface area contributed by atoms with Crippen molar-refractivity contribution in [1.82, 2.24) is 5.32 Å². The van der Waals surface area contributed by atoms with Gasteiger partial charge in [0.15, 0.2) is 5.75 Å². The first-order valence-corrected chi connectivity index (χ1v) is 6.31. The smallest absolute Gasteiger partial charge is 0.156 e. The molecule has 2 nitrogen and oxygen atoms in total. The van der Waals surface area contributed by atoms with Gasteiger partial charge in [-0.25, -0.2) is 0 Å². The maximum atomic E-state index is 6.01. The van der Waals surface area contributed by atoms with E-state index < -0.39 is 0 Å². The van der Waals surface area contributed by atoms with Crippen LogP contribution in [-0.4, -0.2) is 19.2 Å². The number of rotatable bonds is 3. The largest absolute Gasteiger partial charge is 0.489 e. The minimum atomic E-state index is 0. The molecule has 0 radical (unpaired) electrons. The van der Waals surface area contributed by atoms with E-state index in [4.69, 9.17) is 39.5 Å². The normalized spacial score (nSPS) is 18.9. The van der Waals surface area contributed by atoms with Crippen molar-refractivity contribution in [3.8, 4) is 5.75 Å². The van der Waals surface area contributed by atoms with Crippen molar-refractivity contribution >= 4 is 47.2 Å². The highest BCUT2D eigenvalue weighted by Crippen LogP contribution is 2.35. The summed E-state index contributed by atoms with van der Waals surface area (Å²) < 4.78 is 5.62. The highest BCUT2D eigenvalue weighted by atomic mass is 35.5. The molecule has 1 aliphatic rings. The molecular formula is C11H13Cl4NO. The Kier molecular flexibility index (Phi) is 6.18. The molecule has 1 saturated heterocycles. The van der Waals surface area contributed by atoms with E-state index in [1.807, 2.05) is 0 Å². The summed E-state index contributed by atoms with van der Waals surface area (Å²) in [5, 5.41) is 4.76.